The van der Waals surface area contributed by atoms with Gasteiger partial charge in [-0.3, -0.25) is 4.68 Å². The van der Waals surface area contributed by atoms with Gasteiger partial charge in [0.25, 0.3) is 0 Å². The Bertz CT molecular complexity index is 587. The maximum absolute atomic E-state index is 13.0. The van der Waals surface area contributed by atoms with Crippen LogP contribution < -0.4 is 5.73 Å². The van der Waals surface area contributed by atoms with Crippen LogP contribution in [0.5, 0.6) is 0 Å². The molecular formula is C13H14F3N3. The highest BCUT2D eigenvalue weighted by Crippen LogP contribution is 2.35. The van der Waals surface area contributed by atoms with Crippen molar-refractivity contribution < 1.29 is 13.2 Å². The molecule has 1 atom stereocenters. The number of alkyl halides is 3. The molecule has 0 amide bonds. The molecule has 1 unspecified atom stereocenters. The first-order chi connectivity index (χ1) is 8.80. The predicted molar refractivity (Wildman–Crippen MR) is 65.4 cm³/mol. The molecule has 2 rings (SSSR count). The lowest BCUT2D eigenvalue weighted by molar-refractivity contribution is -0.138. The van der Waals surface area contributed by atoms with Gasteiger partial charge in [-0.25, -0.2) is 0 Å². The van der Waals surface area contributed by atoms with Gasteiger partial charge >= 0.3 is 6.18 Å². The molecule has 0 saturated carbocycles. The molecular weight excluding hydrogens is 255 g/mol. The fraction of sp³-hybridized carbons (Fsp3) is 0.308. The van der Waals surface area contributed by atoms with E-state index in [2.05, 4.69) is 5.10 Å². The third kappa shape index (κ3) is 2.63. The van der Waals surface area contributed by atoms with Crippen LogP contribution in [0.1, 0.15) is 28.4 Å². The van der Waals surface area contributed by atoms with Crippen LogP contribution in [0.2, 0.25) is 0 Å². The molecule has 1 heterocycles. The minimum Gasteiger partial charge on any atom is -0.320 e. The summed E-state index contributed by atoms with van der Waals surface area (Å²) < 4.78 is 40.4. The second kappa shape index (κ2) is 4.70. The summed E-state index contributed by atoms with van der Waals surface area (Å²) >= 11 is 0. The third-order valence-corrected chi connectivity index (χ3v) is 2.99. The fourth-order valence-corrected chi connectivity index (χ4v) is 2.12. The van der Waals surface area contributed by atoms with Crippen molar-refractivity contribution in [2.45, 2.75) is 19.1 Å². The second-order valence-electron chi connectivity index (χ2n) is 4.41. The van der Waals surface area contributed by atoms with Gasteiger partial charge in [-0.2, -0.15) is 18.3 Å². The summed E-state index contributed by atoms with van der Waals surface area (Å²) in [5, 5.41) is 4.10. The molecule has 3 nitrogen and oxygen atoms in total. The molecule has 0 bridgehead atoms. The van der Waals surface area contributed by atoms with Gasteiger partial charge in [-0.1, -0.05) is 18.2 Å². The maximum atomic E-state index is 13.0. The van der Waals surface area contributed by atoms with E-state index in [1.807, 2.05) is 0 Å². The molecule has 0 aliphatic heterocycles. The predicted octanol–water partition coefficient (Wildman–Crippen LogP) is 2.80. The van der Waals surface area contributed by atoms with Gasteiger partial charge in [0.05, 0.1) is 17.3 Å². The molecule has 6 heteroatoms. The number of hydrogen-bond donors (Lipinski definition) is 1. The second-order valence-corrected chi connectivity index (χ2v) is 4.41. The normalized spacial score (nSPS) is 13.6. The number of nitrogens with zero attached hydrogens (tertiary/aromatic N) is 2. The number of rotatable bonds is 2. The van der Waals surface area contributed by atoms with Crippen molar-refractivity contribution in [3.05, 3.63) is 52.8 Å². The van der Waals surface area contributed by atoms with Crippen LogP contribution in [0.3, 0.4) is 0 Å². The molecule has 2 aromatic rings. The summed E-state index contributed by atoms with van der Waals surface area (Å²) in [6, 6.07) is 4.51. The summed E-state index contributed by atoms with van der Waals surface area (Å²) in [7, 11) is 1.71. The van der Waals surface area contributed by atoms with Crippen LogP contribution in [0.4, 0.5) is 13.2 Å². The quantitative estimate of drug-likeness (QED) is 0.911. The fourth-order valence-electron chi connectivity index (χ4n) is 2.12. The van der Waals surface area contributed by atoms with E-state index in [0.717, 1.165) is 6.07 Å². The molecule has 19 heavy (non-hydrogen) atoms. The lowest BCUT2D eigenvalue weighted by Crippen LogP contribution is -2.18. The van der Waals surface area contributed by atoms with Crippen molar-refractivity contribution in [1.82, 2.24) is 9.78 Å². The van der Waals surface area contributed by atoms with Gasteiger partial charge in [0, 0.05) is 18.8 Å². The SMILES string of the molecule is Cc1nn(C)cc1C(N)c1ccccc1C(F)(F)F. The Kier molecular flexibility index (Phi) is 3.36. The number of hydrogen-bond acceptors (Lipinski definition) is 2. The van der Waals surface area contributed by atoms with Crippen molar-refractivity contribution in [1.29, 1.82) is 0 Å². The Hall–Kier alpha value is -1.82. The highest BCUT2D eigenvalue weighted by Gasteiger charge is 2.34. The summed E-state index contributed by atoms with van der Waals surface area (Å²) in [6.07, 6.45) is -2.77. The molecule has 1 aromatic carbocycles. The minimum atomic E-state index is -4.41. The summed E-state index contributed by atoms with van der Waals surface area (Å²) in [6.45, 7) is 1.73. The number of halogens is 3. The van der Waals surface area contributed by atoms with Crippen LogP contribution in [0.25, 0.3) is 0 Å². The summed E-state index contributed by atoms with van der Waals surface area (Å²) in [5.74, 6) is 0. The zero-order valence-electron chi connectivity index (χ0n) is 10.6. The summed E-state index contributed by atoms with van der Waals surface area (Å²) in [5.41, 5.74) is 6.56. The number of benzene rings is 1. The Balaban J connectivity index is 2.50. The molecule has 102 valence electrons. The maximum Gasteiger partial charge on any atom is 0.416 e. The van der Waals surface area contributed by atoms with Gasteiger partial charge in [0.15, 0.2) is 0 Å². The molecule has 2 N–H and O–H groups in total. The molecule has 0 spiro atoms. The number of aryl methyl sites for hydroxylation is 2. The van der Waals surface area contributed by atoms with Gasteiger partial charge in [-0.05, 0) is 18.6 Å². The first-order valence-electron chi connectivity index (χ1n) is 5.72. The van der Waals surface area contributed by atoms with Crippen LogP contribution >= 0.6 is 0 Å². The Morgan fingerprint density at radius 3 is 2.37 bits per heavy atom. The van der Waals surface area contributed by atoms with E-state index in [1.165, 1.54) is 12.1 Å². The largest absolute Gasteiger partial charge is 0.416 e. The average Bonchev–Trinajstić information content (AvgIpc) is 2.66. The number of nitrogens with two attached hydrogens (primary N) is 1. The first-order valence-corrected chi connectivity index (χ1v) is 5.72. The standard InChI is InChI=1S/C13H14F3N3/c1-8-10(7-19(2)18-8)12(17)9-5-3-4-6-11(9)13(14,15)16/h3-7,12H,17H2,1-2H3. The lowest BCUT2D eigenvalue weighted by atomic mass is 9.95. The first kappa shape index (κ1) is 13.6. The van der Waals surface area contributed by atoms with E-state index in [4.69, 9.17) is 5.73 Å². The van der Waals surface area contributed by atoms with Crippen molar-refractivity contribution >= 4 is 0 Å². The highest BCUT2D eigenvalue weighted by molar-refractivity contribution is 5.39. The van der Waals surface area contributed by atoms with Crippen LogP contribution in [0, 0.1) is 6.92 Å². The minimum absolute atomic E-state index is 0.0612. The molecule has 1 aromatic heterocycles. The molecule has 0 aliphatic rings. The van der Waals surface area contributed by atoms with Gasteiger partial charge < -0.3 is 5.73 Å². The van der Waals surface area contributed by atoms with Crippen molar-refractivity contribution in [2.24, 2.45) is 12.8 Å². The van der Waals surface area contributed by atoms with Crippen LogP contribution in [-0.2, 0) is 13.2 Å². The van der Waals surface area contributed by atoms with E-state index in [1.54, 1.807) is 30.9 Å². The van der Waals surface area contributed by atoms with E-state index in [0.29, 0.717) is 11.3 Å². The Morgan fingerprint density at radius 2 is 1.84 bits per heavy atom. The van der Waals surface area contributed by atoms with E-state index in [-0.39, 0.29) is 5.56 Å². The van der Waals surface area contributed by atoms with Crippen LogP contribution in [-0.4, -0.2) is 9.78 Å². The smallest absolute Gasteiger partial charge is 0.320 e. The topological polar surface area (TPSA) is 43.8 Å². The molecule has 0 aliphatic carbocycles. The third-order valence-electron chi connectivity index (χ3n) is 2.99. The van der Waals surface area contributed by atoms with Crippen molar-refractivity contribution in [3.8, 4) is 0 Å². The van der Waals surface area contributed by atoms with Crippen molar-refractivity contribution in [2.75, 3.05) is 0 Å². The van der Waals surface area contributed by atoms with E-state index >= 15 is 0 Å². The lowest BCUT2D eigenvalue weighted by Gasteiger charge is -2.17. The van der Waals surface area contributed by atoms with Crippen LogP contribution in [0.15, 0.2) is 30.5 Å². The highest BCUT2D eigenvalue weighted by atomic mass is 19.4. The average molecular weight is 269 g/mol. The zero-order valence-corrected chi connectivity index (χ0v) is 10.6. The van der Waals surface area contributed by atoms with E-state index in [9.17, 15) is 13.2 Å². The molecule has 0 saturated heterocycles. The Morgan fingerprint density at radius 1 is 1.21 bits per heavy atom. The molecule has 0 fully saturated rings. The monoisotopic (exact) mass is 269 g/mol. The van der Waals surface area contributed by atoms with Gasteiger partial charge in [0.2, 0.25) is 0 Å². The Labute approximate surface area is 108 Å². The summed E-state index contributed by atoms with van der Waals surface area (Å²) in [4.78, 5) is 0. The number of aromatic nitrogens is 2. The zero-order chi connectivity index (χ0) is 14.2. The van der Waals surface area contributed by atoms with Gasteiger partial charge in [-0.15, -0.1) is 0 Å². The molecule has 0 radical (unpaired) electrons. The van der Waals surface area contributed by atoms with Crippen molar-refractivity contribution in [3.63, 3.8) is 0 Å². The van der Waals surface area contributed by atoms with E-state index < -0.39 is 17.8 Å². The van der Waals surface area contributed by atoms with Gasteiger partial charge in [0.1, 0.15) is 0 Å².